The van der Waals surface area contributed by atoms with Crippen LogP contribution in [0.25, 0.3) is 0 Å². The lowest BCUT2D eigenvalue weighted by Crippen LogP contribution is -2.27. The molecule has 7 nitrogen and oxygen atoms in total. The molecular weight excluding hydrogens is 370 g/mol. The molecule has 138 valence electrons. The van der Waals surface area contributed by atoms with E-state index in [1.165, 1.54) is 13.0 Å². The zero-order valence-corrected chi connectivity index (χ0v) is 14.5. The summed E-state index contributed by atoms with van der Waals surface area (Å²) in [4.78, 5) is 22.0. The number of nitro groups is 1. The molecule has 0 bridgehead atoms. The van der Waals surface area contributed by atoms with Crippen LogP contribution in [0, 0.1) is 21.7 Å². The smallest absolute Gasteiger partial charge is 0.288 e. The predicted octanol–water partition coefficient (Wildman–Crippen LogP) is 2.77. The van der Waals surface area contributed by atoms with Gasteiger partial charge in [0.15, 0.2) is 21.5 Å². The normalized spacial score (nSPS) is 12.5. The van der Waals surface area contributed by atoms with Crippen LogP contribution < -0.4 is 5.32 Å². The Morgan fingerprint density at radius 2 is 1.81 bits per heavy atom. The number of halogens is 2. The molecule has 2 aromatic carbocycles. The molecule has 0 saturated carbocycles. The van der Waals surface area contributed by atoms with Gasteiger partial charge in [-0.1, -0.05) is 6.07 Å². The Labute approximate surface area is 147 Å². The molecule has 1 atom stereocenters. The van der Waals surface area contributed by atoms with E-state index >= 15 is 0 Å². The van der Waals surface area contributed by atoms with Gasteiger partial charge in [-0.05, 0) is 36.8 Å². The molecule has 1 unspecified atom stereocenters. The van der Waals surface area contributed by atoms with Gasteiger partial charge in [-0.2, -0.15) is 0 Å². The zero-order valence-electron chi connectivity index (χ0n) is 13.7. The van der Waals surface area contributed by atoms with Crippen molar-refractivity contribution in [2.75, 3.05) is 6.26 Å². The quantitative estimate of drug-likeness (QED) is 0.630. The Morgan fingerprint density at radius 1 is 1.15 bits per heavy atom. The summed E-state index contributed by atoms with van der Waals surface area (Å²) in [5.74, 6) is -2.83. The molecule has 0 spiro atoms. The molecule has 1 amide bonds. The van der Waals surface area contributed by atoms with Crippen LogP contribution in [0.2, 0.25) is 0 Å². The number of hydrogen-bond acceptors (Lipinski definition) is 5. The number of carbonyl (C=O) groups is 1. The van der Waals surface area contributed by atoms with Gasteiger partial charge in [0.2, 0.25) is 0 Å². The second-order valence-corrected chi connectivity index (χ2v) is 7.56. The second-order valence-electron chi connectivity index (χ2n) is 5.58. The first-order chi connectivity index (χ1) is 12.0. The van der Waals surface area contributed by atoms with Crippen molar-refractivity contribution in [3.63, 3.8) is 0 Å². The predicted molar refractivity (Wildman–Crippen MR) is 88.4 cm³/mol. The number of benzene rings is 2. The molecule has 0 aliphatic rings. The van der Waals surface area contributed by atoms with Gasteiger partial charge in [0.25, 0.3) is 11.6 Å². The van der Waals surface area contributed by atoms with Gasteiger partial charge in [-0.3, -0.25) is 14.9 Å². The van der Waals surface area contributed by atoms with Crippen LogP contribution >= 0.6 is 0 Å². The maximum Gasteiger partial charge on any atom is 0.288 e. The average molecular weight is 384 g/mol. The van der Waals surface area contributed by atoms with E-state index < -0.39 is 48.9 Å². The first-order valence-corrected chi connectivity index (χ1v) is 9.14. The largest absolute Gasteiger partial charge is 0.346 e. The van der Waals surface area contributed by atoms with Crippen LogP contribution in [0.5, 0.6) is 0 Å². The highest BCUT2D eigenvalue weighted by molar-refractivity contribution is 7.90. The minimum Gasteiger partial charge on any atom is -0.346 e. The molecule has 1 N–H and O–H groups in total. The number of nitrogens with one attached hydrogen (secondary N) is 1. The van der Waals surface area contributed by atoms with Crippen molar-refractivity contribution in [1.29, 1.82) is 0 Å². The van der Waals surface area contributed by atoms with E-state index in [0.29, 0.717) is 5.56 Å². The van der Waals surface area contributed by atoms with Gasteiger partial charge in [-0.25, -0.2) is 17.2 Å². The lowest BCUT2D eigenvalue weighted by atomic mass is 10.1. The number of rotatable bonds is 5. The summed E-state index contributed by atoms with van der Waals surface area (Å²) in [6, 6.07) is 5.38. The zero-order chi connectivity index (χ0) is 19.6. The average Bonchev–Trinajstić information content (AvgIpc) is 2.55. The highest BCUT2D eigenvalue weighted by Gasteiger charge is 2.24. The third kappa shape index (κ3) is 4.20. The fourth-order valence-corrected chi connectivity index (χ4v) is 3.09. The molecule has 0 aromatic heterocycles. The lowest BCUT2D eigenvalue weighted by Gasteiger charge is -2.15. The van der Waals surface area contributed by atoms with Crippen molar-refractivity contribution in [1.82, 2.24) is 5.32 Å². The molecule has 10 heteroatoms. The van der Waals surface area contributed by atoms with Crippen LogP contribution in [0.15, 0.2) is 41.3 Å². The molecule has 26 heavy (non-hydrogen) atoms. The standard InChI is InChI=1S/C16H14F2N2O5S/c1-9(10-3-5-12(17)13(18)7-10)19-16(21)11-4-6-15(26(2,24)25)14(8-11)20(22)23/h3-9H,1-2H3,(H,19,21). The second kappa shape index (κ2) is 7.16. The molecule has 0 radical (unpaired) electrons. The summed E-state index contributed by atoms with van der Waals surface area (Å²) in [7, 11) is -3.85. The van der Waals surface area contributed by atoms with Gasteiger partial charge >= 0.3 is 0 Å². The Kier molecular flexibility index (Phi) is 5.36. The van der Waals surface area contributed by atoms with Gasteiger partial charge < -0.3 is 5.32 Å². The number of nitro benzene ring substituents is 1. The summed E-state index contributed by atoms with van der Waals surface area (Å²) >= 11 is 0. The van der Waals surface area contributed by atoms with Crippen LogP contribution in [0.4, 0.5) is 14.5 Å². The van der Waals surface area contributed by atoms with Crippen LogP contribution in [0.1, 0.15) is 28.9 Å². The van der Waals surface area contributed by atoms with Crippen LogP contribution in [-0.4, -0.2) is 25.5 Å². The number of amides is 1. The van der Waals surface area contributed by atoms with E-state index in [1.807, 2.05) is 0 Å². The van der Waals surface area contributed by atoms with E-state index in [4.69, 9.17) is 0 Å². The lowest BCUT2D eigenvalue weighted by molar-refractivity contribution is -0.387. The summed E-state index contributed by atoms with van der Waals surface area (Å²) in [5.41, 5.74) is -0.571. The molecule has 2 aromatic rings. The molecule has 2 rings (SSSR count). The third-order valence-corrected chi connectivity index (χ3v) is 4.75. The van der Waals surface area contributed by atoms with Gasteiger partial charge in [-0.15, -0.1) is 0 Å². The first kappa shape index (κ1) is 19.4. The molecule has 0 aliphatic heterocycles. The summed E-state index contributed by atoms with van der Waals surface area (Å²) < 4.78 is 49.4. The summed E-state index contributed by atoms with van der Waals surface area (Å²) in [6.45, 7) is 1.52. The fourth-order valence-electron chi connectivity index (χ4n) is 2.26. The van der Waals surface area contributed by atoms with Gasteiger partial charge in [0, 0.05) is 17.9 Å². The van der Waals surface area contributed by atoms with Gasteiger partial charge in [0.05, 0.1) is 11.0 Å². The number of carbonyl (C=O) groups excluding carboxylic acids is 1. The van der Waals surface area contributed by atoms with Crippen molar-refractivity contribution in [2.45, 2.75) is 17.9 Å². The first-order valence-electron chi connectivity index (χ1n) is 7.25. The van der Waals surface area contributed by atoms with Crippen molar-refractivity contribution in [3.05, 3.63) is 69.3 Å². The third-order valence-electron chi connectivity index (χ3n) is 3.61. The molecule has 0 saturated heterocycles. The SMILES string of the molecule is CC(NC(=O)c1ccc(S(C)(=O)=O)c([N+](=O)[O-])c1)c1ccc(F)c(F)c1. The van der Waals surface area contributed by atoms with E-state index in [-0.39, 0.29) is 5.56 Å². The van der Waals surface area contributed by atoms with E-state index in [9.17, 15) is 32.1 Å². The number of hydrogen-bond donors (Lipinski definition) is 1. The molecule has 0 heterocycles. The fraction of sp³-hybridized carbons (Fsp3) is 0.188. The Balaban J connectivity index is 2.30. The number of nitrogens with zero attached hydrogens (tertiary/aromatic N) is 1. The highest BCUT2D eigenvalue weighted by atomic mass is 32.2. The number of sulfone groups is 1. The van der Waals surface area contributed by atoms with Crippen molar-refractivity contribution >= 4 is 21.4 Å². The molecule has 0 fully saturated rings. The van der Waals surface area contributed by atoms with Crippen molar-refractivity contribution in [3.8, 4) is 0 Å². The summed E-state index contributed by atoms with van der Waals surface area (Å²) in [5, 5.41) is 13.6. The maximum atomic E-state index is 13.3. The Morgan fingerprint density at radius 3 is 2.35 bits per heavy atom. The van der Waals surface area contributed by atoms with Crippen LogP contribution in [-0.2, 0) is 9.84 Å². The van der Waals surface area contributed by atoms with Crippen LogP contribution in [0.3, 0.4) is 0 Å². The van der Waals surface area contributed by atoms with Gasteiger partial charge in [0.1, 0.15) is 4.90 Å². The minimum absolute atomic E-state index is 0.140. The van der Waals surface area contributed by atoms with E-state index in [1.54, 1.807) is 0 Å². The maximum absolute atomic E-state index is 13.3. The van der Waals surface area contributed by atoms with Crippen molar-refractivity contribution < 1.29 is 26.9 Å². The topological polar surface area (TPSA) is 106 Å². The Hall–Kier alpha value is -2.88. The molecule has 0 aliphatic carbocycles. The Bertz CT molecular complexity index is 992. The van der Waals surface area contributed by atoms with E-state index in [2.05, 4.69) is 5.32 Å². The monoisotopic (exact) mass is 384 g/mol. The summed E-state index contributed by atoms with van der Waals surface area (Å²) in [6.07, 6.45) is 0.820. The van der Waals surface area contributed by atoms with Crippen molar-refractivity contribution in [2.24, 2.45) is 0 Å². The molecular formula is C16H14F2N2O5S. The van der Waals surface area contributed by atoms with E-state index in [0.717, 1.165) is 36.6 Å². The highest BCUT2D eigenvalue weighted by Crippen LogP contribution is 2.25. The minimum atomic E-state index is -3.85.